The van der Waals surface area contributed by atoms with Gasteiger partial charge in [0.1, 0.15) is 5.82 Å². The summed E-state index contributed by atoms with van der Waals surface area (Å²) in [7, 11) is 0. The van der Waals surface area contributed by atoms with Crippen molar-refractivity contribution in [1.29, 1.82) is 0 Å². The number of morpholine rings is 1. The molecule has 1 N–H and O–H groups in total. The number of amides is 1. The minimum absolute atomic E-state index is 0.0882. The fraction of sp³-hybridized carbons (Fsp3) is 0.619. The Morgan fingerprint density at radius 1 is 1.24 bits per heavy atom. The molecule has 2 aliphatic heterocycles. The molecule has 8 heteroatoms. The Hall–Kier alpha value is -1.86. The van der Waals surface area contributed by atoms with Crippen molar-refractivity contribution >= 4 is 23.5 Å². The highest BCUT2D eigenvalue weighted by Gasteiger charge is 2.30. The number of nitrogens with zero attached hydrogens (tertiary/aromatic N) is 3. The highest BCUT2D eigenvalue weighted by atomic mass is 35.5. The summed E-state index contributed by atoms with van der Waals surface area (Å²) in [6, 6.07) is 4.47. The van der Waals surface area contributed by atoms with Gasteiger partial charge in [-0.2, -0.15) is 0 Å². The van der Waals surface area contributed by atoms with E-state index in [2.05, 4.69) is 10.2 Å². The molecule has 2 heterocycles. The van der Waals surface area contributed by atoms with Gasteiger partial charge in [-0.1, -0.05) is 17.7 Å². The number of ether oxygens (including phenoxy) is 1. The van der Waals surface area contributed by atoms with Gasteiger partial charge in [0.2, 0.25) is 5.91 Å². The smallest absolute Gasteiger partial charge is 0.225 e. The van der Waals surface area contributed by atoms with Gasteiger partial charge in [-0.05, 0) is 43.9 Å². The number of likely N-dealkylation sites (tertiary alicyclic amines) is 1. The number of benzene rings is 1. The zero-order chi connectivity index (χ0) is 20.6. The molecule has 2 saturated heterocycles. The number of halogens is 2. The molecular weight excluding hydrogens is 395 g/mol. The highest BCUT2D eigenvalue weighted by molar-refractivity contribution is 6.31. The van der Waals surface area contributed by atoms with E-state index in [0.717, 1.165) is 44.0 Å². The Morgan fingerprint density at radius 3 is 2.62 bits per heavy atom. The van der Waals surface area contributed by atoms with Crippen molar-refractivity contribution in [2.45, 2.75) is 26.2 Å². The van der Waals surface area contributed by atoms with Crippen LogP contribution in [0, 0.1) is 11.7 Å². The molecular formula is C21H30ClFN4O2. The molecule has 3 rings (SSSR count). The number of carbonyl (C=O) groups is 1. The molecule has 1 aromatic carbocycles. The van der Waals surface area contributed by atoms with Crippen molar-refractivity contribution in [1.82, 2.24) is 15.1 Å². The van der Waals surface area contributed by atoms with Gasteiger partial charge in [-0.15, -0.1) is 0 Å². The number of rotatable bonds is 5. The highest BCUT2D eigenvalue weighted by Crippen LogP contribution is 2.21. The Balaban J connectivity index is 1.52. The van der Waals surface area contributed by atoms with Gasteiger partial charge in [0.05, 0.1) is 13.2 Å². The van der Waals surface area contributed by atoms with Gasteiger partial charge in [0.15, 0.2) is 5.96 Å². The lowest BCUT2D eigenvalue weighted by molar-refractivity contribution is -0.140. The van der Waals surface area contributed by atoms with Crippen LogP contribution in [-0.2, 0) is 16.0 Å². The normalized spacial score (nSPS) is 18.8. The Labute approximate surface area is 177 Å². The lowest BCUT2D eigenvalue weighted by Gasteiger charge is -2.36. The first-order valence-corrected chi connectivity index (χ1v) is 10.8. The van der Waals surface area contributed by atoms with E-state index >= 15 is 0 Å². The second-order valence-corrected chi connectivity index (χ2v) is 7.83. The topological polar surface area (TPSA) is 57.2 Å². The quantitative estimate of drug-likeness (QED) is 0.583. The van der Waals surface area contributed by atoms with Crippen LogP contribution in [0.3, 0.4) is 0 Å². The van der Waals surface area contributed by atoms with Gasteiger partial charge in [0.25, 0.3) is 0 Å². The molecule has 1 amide bonds. The van der Waals surface area contributed by atoms with Gasteiger partial charge >= 0.3 is 0 Å². The summed E-state index contributed by atoms with van der Waals surface area (Å²) >= 11 is 6.11. The van der Waals surface area contributed by atoms with E-state index in [0.29, 0.717) is 44.3 Å². The fourth-order valence-corrected chi connectivity index (χ4v) is 4.07. The van der Waals surface area contributed by atoms with Crippen molar-refractivity contribution < 1.29 is 13.9 Å². The number of aliphatic imine (C=N–C) groups is 1. The molecule has 0 unspecified atom stereocenters. The summed E-state index contributed by atoms with van der Waals surface area (Å²) < 4.78 is 18.5. The average Bonchev–Trinajstić information content (AvgIpc) is 2.75. The number of nitrogens with one attached hydrogen (secondary N) is 1. The second-order valence-electron chi connectivity index (χ2n) is 7.42. The van der Waals surface area contributed by atoms with Crippen LogP contribution in [0.1, 0.15) is 25.3 Å². The number of carbonyl (C=O) groups excluding carboxylic acids is 1. The standard InChI is InChI=1S/C21H30ClFN4O2/c1-2-24-21(25-8-5-16-3-4-18(23)15-19(16)22)27-9-6-17(7-10-27)20(28)26-11-13-29-14-12-26/h3-4,15,17H,2,5-14H2,1H3,(H,24,25). The molecule has 2 fully saturated rings. The van der Waals surface area contributed by atoms with Crippen LogP contribution in [0.2, 0.25) is 5.02 Å². The monoisotopic (exact) mass is 424 g/mol. The van der Waals surface area contributed by atoms with Crippen LogP contribution in [0.5, 0.6) is 0 Å². The molecule has 6 nitrogen and oxygen atoms in total. The summed E-state index contributed by atoms with van der Waals surface area (Å²) in [4.78, 5) is 21.6. The number of piperidine rings is 1. The third-order valence-corrected chi connectivity index (χ3v) is 5.81. The van der Waals surface area contributed by atoms with Gasteiger partial charge < -0.3 is 19.9 Å². The first-order valence-electron chi connectivity index (χ1n) is 10.4. The molecule has 0 spiro atoms. The lowest BCUT2D eigenvalue weighted by Crippen LogP contribution is -2.50. The van der Waals surface area contributed by atoms with E-state index in [-0.39, 0.29) is 17.6 Å². The molecule has 0 aliphatic carbocycles. The van der Waals surface area contributed by atoms with Crippen LogP contribution in [0.4, 0.5) is 4.39 Å². The van der Waals surface area contributed by atoms with Gasteiger partial charge in [-0.3, -0.25) is 9.79 Å². The molecule has 0 saturated carbocycles. The molecule has 2 aliphatic rings. The zero-order valence-electron chi connectivity index (χ0n) is 17.0. The minimum atomic E-state index is -0.329. The summed E-state index contributed by atoms with van der Waals surface area (Å²) in [6.07, 6.45) is 2.33. The predicted octanol–water partition coefficient (Wildman–Crippen LogP) is 2.56. The Morgan fingerprint density at radius 2 is 1.97 bits per heavy atom. The summed E-state index contributed by atoms with van der Waals surface area (Å²) in [5, 5.41) is 3.78. The second kappa shape index (κ2) is 10.8. The maximum atomic E-state index is 13.2. The molecule has 0 radical (unpaired) electrons. The maximum Gasteiger partial charge on any atom is 0.225 e. The van der Waals surface area contributed by atoms with E-state index in [1.807, 2.05) is 11.8 Å². The van der Waals surface area contributed by atoms with Crippen molar-refractivity contribution in [3.05, 3.63) is 34.6 Å². The number of hydrogen-bond acceptors (Lipinski definition) is 3. The van der Waals surface area contributed by atoms with Crippen LogP contribution in [-0.4, -0.2) is 74.1 Å². The summed E-state index contributed by atoms with van der Waals surface area (Å²) in [5.74, 6) is 0.888. The van der Waals surface area contributed by atoms with Gasteiger partial charge in [-0.25, -0.2) is 4.39 Å². The molecule has 160 valence electrons. The van der Waals surface area contributed by atoms with E-state index in [4.69, 9.17) is 21.3 Å². The molecule has 0 atom stereocenters. The van der Waals surface area contributed by atoms with Crippen LogP contribution in [0.25, 0.3) is 0 Å². The SMILES string of the molecule is CCNC(=NCCc1ccc(F)cc1Cl)N1CCC(C(=O)N2CCOCC2)CC1. The lowest BCUT2D eigenvalue weighted by atomic mass is 9.95. The fourth-order valence-electron chi connectivity index (χ4n) is 3.81. The van der Waals surface area contributed by atoms with E-state index in [1.54, 1.807) is 6.07 Å². The number of hydrogen-bond donors (Lipinski definition) is 1. The predicted molar refractivity (Wildman–Crippen MR) is 113 cm³/mol. The first kappa shape index (κ1) is 21.8. The average molecular weight is 425 g/mol. The zero-order valence-corrected chi connectivity index (χ0v) is 17.8. The Bertz CT molecular complexity index is 717. The Kier molecular flexibility index (Phi) is 8.12. The third kappa shape index (κ3) is 6.06. The molecule has 0 bridgehead atoms. The minimum Gasteiger partial charge on any atom is -0.378 e. The largest absolute Gasteiger partial charge is 0.378 e. The van der Waals surface area contributed by atoms with Crippen molar-refractivity contribution in [2.75, 3.05) is 52.5 Å². The van der Waals surface area contributed by atoms with E-state index in [9.17, 15) is 9.18 Å². The third-order valence-electron chi connectivity index (χ3n) is 5.46. The molecule has 0 aromatic heterocycles. The van der Waals surface area contributed by atoms with Crippen LogP contribution in [0.15, 0.2) is 23.2 Å². The first-order chi connectivity index (χ1) is 14.1. The number of guanidine groups is 1. The summed E-state index contributed by atoms with van der Waals surface area (Å²) in [5.41, 5.74) is 0.891. The molecule has 1 aromatic rings. The maximum absolute atomic E-state index is 13.2. The van der Waals surface area contributed by atoms with E-state index < -0.39 is 0 Å². The van der Waals surface area contributed by atoms with Crippen molar-refractivity contribution in [3.8, 4) is 0 Å². The van der Waals surface area contributed by atoms with Crippen molar-refractivity contribution in [2.24, 2.45) is 10.9 Å². The summed E-state index contributed by atoms with van der Waals surface area (Å²) in [6.45, 7) is 7.70. The van der Waals surface area contributed by atoms with Crippen LogP contribution >= 0.6 is 11.6 Å². The van der Waals surface area contributed by atoms with Gasteiger partial charge in [0, 0.05) is 50.2 Å². The van der Waals surface area contributed by atoms with Crippen LogP contribution < -0.4 is 5.32 Å². The van der Waals surface area contributed by atoms with E-state index in [1.165, 1.54) is 12.1 Å². The van der Waals surface area contributed by atoms with Crippen molar-refractivity contribution in [3.63, 3.8) is 0 Å². The molecule has 29 heavy (non-hydrogen) atoms.